The summed E-state index contributed by atoms with van der Waals surface area (Å²) in [4.78, 5) is 16.6. The third kappa shape index (κ3) is 3.29. The van der Waals surface area contributed by atoms with E-state index in [1.165, 1.54) is 7.11 Å². The summed E-state index contributed by atoms with van der Waals surface area (Å²) in [5, 5.41) is 0.906. The second-order valence-corrected chi connectivity index (χ2v) is 6.26. The third-order valence-corrected chi connectivity index (χ3v) is 4.94. The second-order valence-electron chi connectivity index (χ2n) is 4.75. The number of para-hydroxylation sites is 1. The predicted molar refractivity (Wildman–Crippen MR) is 83.8 cm³/mol. The third-order valence-electron chi connectivity index (χ3n) is 3.45. The topological polar surface area (TPSA) is 56.3 Å². The fraction of sp³-hybridized carbons (Fsp3) is 0.375. The van der Waals surface area contributed by atoms with Crippen LogP contribution in [0.1, 0.15) is 24.6 Å². The number of ether oxygens (including phenoxy) is 1. The zero-order valence-corrected chi connectivity index (χ0v) is 13.3. The van der Waals surface area contributed by atoms with Crippen molar-refractivity contribution in [3.8, 4) is 0 Å². The first-order valence-electron chi connectivity index (χ1n) is 6.91. The van der Waals surface area contributed by atoms with E-state index in [2.05, 4.69) is 9.72 Å². The van der Waals surface area contributed by atoms with Gasteiger partial charge in [0.1, 0.15) is 0 Å². The van der Waals surface area contributed by atoms with Crippen molar-refractivity contribution in [2.24, 2.45) is 0 Å². The average Bonchev–Trinajstić information content (AvgIpc) is 2.50. The van der Waals surface area contributed by atoms with Crippen LogP contribution in [-0.2, 0) is 26.8 Å². The number of fused-ring (bicyclic) bond motifs is 1. The first kappa shape index (κ1) is 15.6. The molecule has 0 bridgehead atoms. The van der Waals surface area contributed by atoms with E-state index < -0.39 is 10.8 Å². The number of benzene rings is 1. The minimum Gasteiger partial charge on any atom is -0.469 e. The molecule has 2 rings (SSSR count). The molecule has 0 N–H and O–H groups in total. The van der Waals surface area contributed by atoms with Crippen molar-refractivity contribution in [3.05, 3.63) is 35.5 Å². The Labute approximate surface area is 127 Å². The molecule has 0 aliphatic rings. The quantitative estimate of drug-likeness (QED) is 0.797. The lowest BCUT2D eigenvalue weighted by molar-refractivity contribution is -0.140. The van der Waals surface area contributed by atoms with Crippen LogP contribution in [0.4, 0.5) is 0 Å². The Kier molecular flexibility index (Phi) is 5.07. The molecule has 0 aliphatic carbocycles. The van der Waals surface area contributed by atoms with E-state index in [0.717, 1.165) is 33.5 Å². The van der Waals surface area contributed by atoms with Crippen molar-refractivity contribution in [1.29, 1.82) is 0 Å². The van der Waals surface area contributed by atoms with E-state index in [1.807, 2.05) is 38.1 Å². The summed E-state index contributed by atoms with van der Waals surface area (Å²) < 4.78 is 17.3. The zero-order chi connectivity index (χ0) is 15.4. The van der Waals surface area contributed by atoms with Crippen LogP contribution in [0.3, 0.4) is 0 Å². The van der Waals surface area contributed by atoms with Gasteiger partial charge in [0.05, 0.1) is 34.7 Å². The monoisotopic (exact) mass is 305 g/mol. The summed E-state index contributed by atoms with van der Waals surface area (Å²) in [6.45, 7) is 3.96. The minimum absolute atomic E-state index is 0.155. The van der Waals surface area contributed by atoms with Crippen molar-refractivity contribution in [2.45, 2.75) is 31.6 Å². The molecule has 0 spiro atoms. The molecule has 1 heterocycles. The van der Waals surface area contributed by atoms with Crippen LogP contribution in [0, 0.1) is 6.92 Å². The van der Waals surface area contributed by atoms with Crippen LogP contribution in [0.25, 0.3) is 10.9 Å². The highest BCUT2D eigenvalue weighted by Crippen LogP contribution is 2.27. The molecule has 0 saturated heterocycles. The van der Waals surface area contributed by atoms with Crippen LogP contribution in [0.2, 0.25) is 0 Å². The summed E-state index contributed by atoms with van der Waals surface area (Å²) in [7, 11) is 0.0993. The summed E-state index contributed by atoms with van der Waals surface area (Å²) in [6, 6.07) is 7.69. The molecule has 0 fully saturated rings. The first-order valence-corrected chi connectivity index (χ1v) is 8.23. The van der Waals surface area contributed by atoms with E-state index in [-0.39, 0.29) is 18.1 Å². The molecule has 1 aromatic heterocycles. The van der Waals surface area contributed by atoms with Gasteiger partial charge >= 0.3 is 5.97 Å². The number of esters is 1. The Hall–Kier alpha value is -1.75. The smallest absolute Gasteiger partial charge is 0.306 e. The Morgan fingerprint density at radius 1 is 1.33 bits per heavy atom. The number of aromatic nitrogens is 1. The minimum atomic E-state index is -1.24. The van der Waals surface area contributed by atoms with Gasteiger partial charge < -0.3 is 4.74 Å². The van der Waals surface area contributed by atoms with E-state index >= 15 is 0 Å². The zero-order valence-electron chi connectivity index (χ0n) is 12.5. The fourth-order valence-corrected chi connectivity index (χ4v) is 3.94. The van der Waals surface area contributed by atoms with Gasteiger partial charge in [-0.05, 0) is 25.0 Å². The number of methoxy groups -OCH3 is 1. The van der Waals surface area contributed by atoms with Gasteiger partial charge in [-0.2, -0.15) is 0 Å². The molecule has 21 heavy (non-hydrogen) atoms. The SMILES string of the molecule is CCc1c(C)nc2ccccc2c1S(=O)CCC(=O)OC. The molecular weight excluding hydrogens is 286 g/mol. The molecule has 0 aliphatic heterocycles. The fourth-order valence-electron chi connectivity index (χ4n) is 2.39. The number of hydrogen-bond donors (Lipinski definition) is 0. The maximum atomic E-state index is 12.7. The van der Waals surface area contributed by atoms with Crippen molar-refractivity contribution in [3.63, 3.8) is 0 Å². The Morgan fingerprint density at radius 3 is 2.71 bits per heavy atom. The highest BCUT2D eigenvalue weighted by molar-refractivity contribution is 7.85. The maximum Gasteiger partial charge on any atom is 0.306 e. The lowest BCUT2D eigenvalue weighted by Gasteiger charge is -2.13. The van der Waals surface area contributed by atoms with Gasteiger partial charge in [0.15, 0.2) is 0 Å². The molecule has 1 unspecified atom stereocenters. The summed E-state index contributed by atoms with van der Waals surface area (Å²) in [6.07, 6.45) is 0.922. The lowest BCUT2D eigenvalue weighted by atomic mass is 10.1. The summed E-state index contributed by atoms with van der Waals surface area (Å²) in [5.74, 6) is -0.0656. The molecular formula is C16H19NO3S. The molecule has 0 amide bonds. The largest absolute Gasteiger partial charge is 0.469 e. The van der Waals surface area contributed by atoms with Gasteiger partial charge in [0.25, 0.3) is 0 Å². The van der Waals surface area contributed by atoms with Crippen molar-refractivity contribution in [2.75, 3.05) is 12.9 Å². The van der Waals surface area contributed by atoms with Gasteiger partial charge in [0.2, 0.25) is 0 Å². The highest BCUT2D eigenvalue weighted by atomic mass is 32.2. The number of carbonyl (C=O) groups excluding carboxylic acids is 1. The van der Waals surface area contributed by atoms with E-state index in [4.69, 9.17) is 0 Å². The number of rotatable bonds is 5. The average molecular weight is 305 g/mol. The normalized spacial score (nSPS) is 12.3. The number of aryl methyl sites for hydroxylation is 1. The standard InChI is InChI=1S/C16H19NO3S/c1-4-12-11(2)17-14-8-6-5-7-13(14)16(12)21(19)10-9-15(18)20-3/h5-8H,4,9-10H2,1-3H3. The van der Waals surface area contributed by atoms with Gasteiger partial charge in [-0.3, -0.25) is 14.0 Å². The predicted octanol–water partition coefficient (Wildman–Crippen LogP) is 2.78. The van der Waals surface area contributed by atoms with Crippen molar-refractivity contribution < 1.29 is 13.7 Å². The highest BCUT2D eigenvalue weighted by Gasteiger charge is 2.17. The molecule has 112 valence electrons. The number of pyridine rings is 1. The van der Waals surface area contributed by atoms with E-state index in [1.54, 1.807) is 0 Å². The summed E-state index contributed by atoms with van der Waals surface area (Å²) in [5.41, 5.74) is 2.75. The van der Waals surface area contributed by atoms with Crippen molar-refractivity contribution in [1.82, 2.24) is 4.98 Å². The van der Waals surface area contributed by atoms with Crippen LogP contribution >= 0.6 is 0 Å². The van der Waals surface area contributed by atoms with Crippen LogP contribution in [0.15, 0.2) is 29.2 Å². The Bertz CT molecular complexity index is 697. The van der Waals surface area contributed by atoms with E-state index in [9.17, 15) is 9.00 Å². The number of hydrogen-bond acceptors (Lipinski definition) is 4. The van der Waals surface area contributed by atoms with E-state index in [0.29, 0.717) is 0 Å². The Balaban J connectivity index is 2.49. The molecule has 4 nitrogen and oxygen atoms in total. The first-order chi connectivity index (χ1) is 10.1. The van der Waals surface area contributed by atoms with Crippen LogP contribution in [0.5, 0.6) is 0 Å². The van der Waals surface area contributed by atoms with Gasteiger partial charge in [0, 0.05) is 16.8 Å². The Morgan fingerprint density at radius 2 is 2.05 bits per heavy atom. The molecule has 0 saturated carbocycles. The van der Waals surface area contributed by atoms with Gasteiger partial charge in [-0.1, -0.05) is 25.1 Å². The van der Waals surface area contributed by atoms with Gasteiger partial charge in [-0.25, -0.2) is 0 Å². The maximum absolute atomic E-state index is 12.7. The lowest BCUT2D eigenvalue weighted by Crippen LogP contribution is -2.10. The molecule has 2 aromatic rings. The van der Waals surface area contributed by atoms with Crippen molar-refractivity contribution >= 4 is 27.7 Å². The molecule has 0 radical (unpaired) electrons. The number of nitrogens with zero attached hydrogens (tertiary/aromatic N) is 1. The summed E-state index contributed by atoms with van der Waals surface area (Å²) >= 11 is 0. The van der Waals surface area contributed by atoms with Gasteiger partial charge in [-0.15, -0.1) is 0 Å². The van der Waals surface area contributed by atoms with Crippen LogP contribution < -0.4 is 0 Å². The second kappa shape index (κ2) is 6.80. The number of carbonyl (C=O) groups is 1. The molecule has 1 aromatic carbocycles. The molecule has 1 atom stereocenters. The molecule has 5 heteroatoms. The van der Waals surface area contributed by atoms with Crippen LogP contribution in [-0.4, -0.2) is 28.0 Å².